The van der Waals surface area contributed by atoms with Crippen molar-refractivity contribution in [3.63, 3.8) is 0 Å². The van der Waals surface area contributed by atoms with Crippen molar-refractivity contribution in [3.8, 4) is 11.5 Å². The SMILES string of the molecule is COc1cc(C(O)[C@H](CCCc2ccccc2)Cc2cccc(C(=O)O)c2)cc(OC)c1C. The molecular formula is C28H32O5. The molecule has 0 radical (unpaired) electrons. The zero-order valence-corrected chi connectivity index (χ0v) is 19.5. The minimum absolute atomic E-state index is 0.102. The highest BCUT2D eigenvalue weighted by Gasteiger charge is 2.24. The summed E-state index contributed by atoms with van der Waals surface area (Å²) in [5.41, 5.74) is 4.02. The van der Waals surface area contributed by atoms with Crippen molar-refractivity contribution >= 4 is 5.97 Å². The molecule has 0 heterocycles. The summed E-state index contributed by atoms with van der Waals surface area (Å²) in [6.45, 7) is 1.92. The zero-order valence-electron chi connectivity index (χ0n) is 19.5. The van der Waals surface area contributed by atoms with E-state index in [1.807, 2.05) is 43.3 Å². The summed E-state index contributed by atoms with van der Waals surface area (Å²) < 4.78 is 11.0. The summed E-state index contributed by atoms with van der Waals surface area (Å²) in [4.78, 5) is 11.4. The molecule has 3 rings (SSSR count). The molecule has 0 saturated heterocycles. The van der Waals surface area contributed by atoms with Gasteiger partial charge in [-0.25, -0.2) is 4.79 Å². The second-order valence-corrected chi connectivity index (χ2v) is 8.34. The number of carboxylic acids is 1. The van der Waals surface area contributed by atoms with E-state index in [9.17, 15) is 15.0 Å². The third-order valence-corrected chi connectivity index (χ3v) is 6.12. The van der Waals surface area contributed by atoms with Crippen LogP contribution in [0, 0.1) is 12.8 Å². The first-order valence-corrected chi connectivity index (χ1v) is 11.2. The van der Waals surface area contributed by atoms with E-state index in [4.69, 9.17) is 9.47 Å². The molecule has 0 aliphatic rings. The van der Waals surface area contributed by atoms with E-state index in [1.54, 1.807) is 32.4 Å². The monoisotopic (exact) mass is 448 g/mol. The summed E-state index contributed by atoms with van der Waals surface area (Å²) in [6, 6.07) is 21.0. The largest absolute Gasteiger partial charge is 0.496 e. The third kappa shape index (κ3) is 6.36. The van der Waals surface area contributed by atoms with Crippen molar-refractivity contribution in [1.29, 1.82) is 0 Å². The average molecular weight is 449 g/mol. The van der Waals surface area contributed by atoms with Crippen LogP contribution in [0.3, 0.4) is 0 Å². The fraction of sp³-hybridized carbons (Fsp3) is 0.321. The highest BCUT2D eigenvalue weighted by atomic mass is 16.5. The number of hydrogen-bond donors (Lipinski definition) is 2. The number of aliphatic hydroxyl groups excluding tert-OH is 1. The Kier molecular flexibility index (Phi) is 8.50. The molecule has 0 aliphatic heterocycles. The number of ether oxygens (including phenoxy) is 2. The number of benzene rings is 3. The summed E-state index contributed by atoms with van der Waals surface area (Å²) in [7, 11) is 3.21. The van der Waals surface area contributed by atoms with E-state index in [-0.39, 0.29) is 11.5 Å². The molecule has 5 heteroatoms. The van der Waals surface area contributed by atoms with Crippen LogP contribution in [0.15, 0.2) is 66.7 Å². The van der Waals surface area contributed by atoms with Crippen molar-refractivity contribution in [2.75, 3.05) is 14.2 Å². The number of aliphatic hydroxyl groups is 1. The van der Waals surface area contributed by atoms with Gasteiger partial charge in [0, 0.05) is 5.56 Å². The lowest BCUT2D eigenvalue weighted by Crippen LogP contribution is -2.17. The van der Waals surface area contributed by atoms with Crippen LogP contribution in [0.25, 0.3) is 0 Å². The number of hydrogen-bond acceptors (Lipinski definition) is 4. The zero-order chi connectivity index (χ0) is 23.8. The average Bonchev–Trinajstić information content (AvgIpc) is 2.84. The molecule has 0 aliphatic carbocycles. The van der Waals surface area contributed by atoms with E-state index in [0.717, 1.165) is 36.0 Å². The summed E-state index contributed by atoms with van der Waals surface area (Å²) in [6.07, 6.45) is 2.42. The number of aryl methyl sites for hydroxylation is 1. The second-order valence-electron chi connectivity index (χ2n) is 8.34. The summed E-state index contributed by atoms with van der Waals surface area (Å²) in [5.74, 6) is 0.277. The smallest absolute Gasteiger partial charge is 0.335 e. The molecule has 0 spiro atoms. The number of methoxy groups -OCH3 is 2. The molecular weight excluding hydrogens is 416 g/mol. The van der Waals surface area contributed by atoms with Gasteiger partial charge in [0.2, 0.25) is 0 Å². The van der Waals surface area contributed by atoms with Crippen molar-refractivity contribution in [1.82, 2.24) is 0 Å². The van der Waals surface area contributed by atoms with Gasteiger partial charge < -0.3 is 19.7 Å². The molecule has 33 heavy (non-hydrogen) atoms. The molecule has 1 unspecified atom stereocenters. The van der Waals surface area contributed by atoms with Crippen LogP contribution in [-0.4, -0.2) is 30.4 Å². The Labute approximate surface area is 195 Å². The normalized spacial score (nSPS) is 12.7. The first kappa shape index (κ1) is 24.3. The molecule has 3 aromatic rings. The number of rotatable bonds is 11. The predicted octanol–water partition coefficient (Wildman–Crippen LogP) is 5.63. The Morgan fingerprint density at radius 2 is 1.55 bits per heavy atom. The van der Waals surface area contributed by atoms with Gasteiger partial charge in [-0.05, 0) is 79.5 Å². The molecule has 5 nitrogen and oxygen atoms in total. The third-order valence-electron chi connectivity index (χ3n) is 6.12. The molecule has 3 aromatic carbocycles. The maximum absolute atomic E-state index is 11.4. The Morgan fingerprint density at radius 1 is 0.909 bits per heavy atom. The molecule has 174 valence electrons. The van der Waals surface area contributed by atoms with Gasteiger partial charge in [0.1, 0.15) is 11.5 Å². The fourth-order valence-corrected chi connectivity index (χ4v) is 4.27. The molecule has 0 saturated carbocycles. The Hall–Kier alpha value is -3.31. The van der Waals surface area contributed by atoms with Crippen molar-refractivity contribution in [2.24, 2.45) is 5.92 Å². The first-order chi connectivity index (χ1) is 15.9. The molecule has 2 atom stereocenters. The molecule has 0 fully saturated rings. The fourth-order valence-electron chi connectivity index (χ4n) is 4.27. The lowest BCUT2D eigenvalue weighted by atomic mass is 9.85. The predicted molar refractivity (Wildman–Crippen MR) is 129 cm³/mol. The Morgan fingerprint density at radius 3 is 2.15 bits per heavy atom. The molecule has 0 bridgehead atoms. The molecule has 0 amide bonds. The van der Waals surface area contributed by atoms with E-state index < -0.39 is 12.1 Å². The minimum atomic E-state index is -0.953. The van der Waals surface area contributed by atoms with E-state index in [2.05, 4.69) is 12.1 Å². The molecule has 0 aromatic heterocycles. The summed E-state index contributed by atoms with van der Waals surface area (Å²) in [5, 5.41) is 20.8. The van der Waals surface area contributed by atoms with Gasteiger partial charge in [-0.1, -0.05) is 42.5 Å². The Bertz CT molecular complexity index is 1040. The van der Waals surface area contributed by atoms with Gasteiger partial charge in [0.15, 0.2) is 0 Å². The topological polar surface area (TPSA) is 76.0 Å². The van der Waals surface area contributed by atoms with Crippen molar-refractivity contribution in [2.45, 2.75) is 38.7 Å². The first-order valence-electron chi connectivity index (χ1n) is 11.2. The maximum atomic E-state index is 11.4. The lowest BCUT2D eigenvalue weighted by Gasteiger charge is -2.25. The van der Waals surface area contributed by atoms with Crippen LogP contribution in [0.5, 0.6) is 11.5 Å². The van der Waals surface area contributed by atoms with Crippen LogP contribution in [0.4, 0.5) is 0 Å². The highest BCUT2D eigenvalue weighted by molar-refractivity contribution is 5.87. The van der Waals surface area contributed by atoms with Crippen LogP contribution in [0.2, 0.25) is 0 Å². The Balaban J connectivity index is 1.86. The minimum Gasteiger partial charge on any atom is -0.496 e. The van der Waals surface area contributed by atoms with Gasteiger partial charge in [0.25, 0.3) is 0 Å². The van der Waals surface area contributed by atoms with Gasteiger partial charge in [0.05, 0.1) is 25.9 Å². The van der Waals surface area contributed by atoms with Crippen molar-refractivity contribution < 1.29 is 24.5 Å². The second kappa shape index (κ2) is 11.5. The van der Waals surface area contributed by atoms with E-state index >= 15 is 0 Å². The summed E-state index contributed by atoms with van der Waals surface area (Å²) >= 11 is 0. The van der Waals surface area contributed by atoms with Crippen LogP contribution in [-0.2, 0) is 12.8 Å². The van der Waals surface area contributed by atoms with Gasteiger partial charge in [-0.3, -0.25) is 0 Å². The lowest BCUT2D eigenvalue weighted by molar-refractivity contribution is 0.0696. The molecule has 2 N–H and O–H groups in total. The number of aromatic carboxylic acids is 1. The van der Waals surface area contributed by atoms with Crippen LogP contribution < -0.4 is 9.47 Å². The quantitative estimate of drug-likeness (QED) is 0.398. The highest BCUT2D eigenvalue weighted by Crippen LogP contribution is 2.36. The van der Waals surface area contributed by atoms with Gasteiger partial charge in [-0.2, -0.15) is 0 Å². The van der Waals surface area contributed by atoms with Gasteiger partial charge >= 0.3 is 5.97 Å². The number of carboxylic acid groups (broad SMARTS) is 1. The van der Waals surface area contributed by atoms with Crippen LogP contribution >= 0.6 is 0 Å². The number of carbonyl (C=O) groups is 1. The van der Waals surface area contributed by atoms with Crippen LogP contribution in [0.1, 0.15) is 51.6 Å². The van der Waals surface area contributed by atoms with E-state index in [0.29, 0.717) is 17.9 Å². The van der Waals surface area contributed by atoms with Gasteiger partial charge in [-0.15, -0.1) is 0 Å². The van der Waals surface area contributed by atoms with E-state index in [1.165, 1.54) is 5.56 Å². The van der Waals surface area contributed by atoms with Crippen molar-refractivity contribution in [3.05, 3.63) is 94.5 Å². The standard InChI is InChI=1S/C28H32O5/c1-19-25(32-2)17-24(18-26(19)33-3)27(29)22(13-7-11-20-9-5-4-6-10-20)15-21-12-8-14-23(16-21)28(30)31/h4-6,8-10,12,14,16-18,22,27,29H,7,11,13,15H2,1-3H3,(H,30,31)/t22-,27?/m1/s1. The maximum Gasteiger partial charge on any atom is 0.335 e.